The van der Waals surface area contributed by atoms with Crippen LogP contribution in [-0.4, -0.2) is 38.1 Å². The molecule has 1 N–H and O–H groups in total. The summed E-state index contributed by atoms with van der Waals surface area (Å²) in [5.74, 6) is 0.158. The molecule has 1 saturated heterocycles. The van der Waals surface area contributed by atoms with Crippen LogP contribution < -0.4 is 4.90 Å². The summed E-state index contributed by atoms with van der Waals surface area (Å²) >= 11 is 0. The van der Waals surface area contributed by atoms with Gasteiger partial charge in [0.2, 0.25) is 5.91 Å². The number of aromatic hydroxyl groups is 1. The van der Waals surface area contributed by atoms with Crippen LogP contribution in [0.1, 0.15) is 6.42 Å². The smallest absolute Gasteiger partial charge is 0.212 e. The predicted octanol–water partition coefficient (Wildman–Crippen LogP) is 1.84. The fourth-order valence-electron chi connectivity index (χ4n) is 1.96. The standard InChI is InChI=1S/C13H14BN3O2.Y/c14-16-8-1-7-15-12-6-9-17(13(12)19)10-2-4-11(18)5-3-10;/h1-5,7,12,18H,6,8-9H2;/q-2;/b7-1-;. The van der Waals surface area contributed by atoms with Gasteiger partial charge in [0, 0.05) is 44.9 Å². The van der Waals surface area contributed by atoms with Crippen molar-refractivity contribution < 1.29 is 42.6 Å². The van der Waals surface area contributed by atoms with Crippen LogP contribution in [0.3, 0.4) is 0 Å². The van der Waals surface area contributed by atoms with Crippen LogP contribution >= 0.6 is 0 Å². The molecule has 0 spiro atoms. The van der Waals surface area contributed by atoms with E-state index in [1.54, 1.807) is 41.4 Å². The Morgan fingerprint density at radius 2 is 2.10 bits per heavy atom. The van der Waals surface area contributed by atoms with Crippen molar-refractivity contribution in [3.8, 4) is 5.75 Å². The Kier molecular flexibility index (Phi) is 7.27. The number of amides is 1. The fourth-order valence-corrected chi connectivity index (χ4v) is 1.96. The molecule has 1 aromatic carbocycles. The van der Waals surface area contributed by atoms with Gasteiger partial charge in [-0.15, -0.1) is 20.6 Å². The van der Waals surface area contributed by atoms with Crippen LogP contribution in [0, 0.1) is 0 Å². The minimum absolute atomic E-state index is 0. The first-order valence-electron chi connectivity index (χ1n) is 6.04. The number of rotatable bonds is 5. The number of hydrogen-bond acceptors (Lipinski definition) is 2. The van der Waals surface area contributed by atoms with Crippen molar-refractivity contribution in [1.29, 1.82) is 0 Å². The third-order valence-corrected chi connectivity index (χ3v) is 2.92. The zero-order chi connectivity index (χ0) is 13.7. The van der Waals surface area contributed by atoms with Gasteiger partial charge < -0.3 is 20.6 Å². The van der Waals surface area contributed by atoms with Gasteiger partial charge in [-0.1, -0.05) is 0 Å². The van der Waals surface area contributed by atoms with E-state index in [1.165, 1.54) is 0 Å². The Bertz CT molecular complexity index is 467. The van der Waals surface area contributed by atoms with Crippen molar-refractivity contribution in [1.82, 2.24) is 0 Å². The van der Waals surface area contributed by atoms with Crippen molar-refractivity contribution in [2.45, 2.75) is 12.5 Å². The summed E-state index contributed by atoms with van der Waals surface area (Å²) in [7, 11) is 5.00. The molecule has 5 nitrogen and oxygen atoms in total. The topological polar surface area (TPSA) is 68.7 Å². The third-order valence-electron chi connectivity index (χ3n) is 2.92. The Labute approximate surface area is 145 Å². The largest absolute Gasteiger partial charge is 0.697 e. The molecule has 0 bridgehead atoms. The average molecular weight is 344 g/mol. The second kappa shape index (κ2) is 8.45. The van der Waals surface area contributed by atoms with E-state index in [-0.39, 0.29) is 50.4 Å². The fraction of sp³-hybridized carbons (Fsp3) is 0.308. The molecule has 1 atom stereocenters. The van der Waals surface area contributed by atoms with Gasteiger partial charge in [-0.2, -0.15) is 6.20 Å². The second-order valence-electron chi connectivity index (χ2n) is 4.21. The first-order chi connectivity index (χ1) is 9.22. The number of benzene rings is 1. The molecule has 0 saturated carbocycles. The van der Waals surface area contributed by atoms with Crippen LogP contribution in [-0.2, 0) is 37.5 Å². The Balaban J connectivity index is 0.00000200. The molecule has 1 aromatic rings. The molecule has 7 heteroatoms. The quantitative estimate of drug-likeness (QED) is 0.829. The molecule has 1 aliphatic rings. The molecule has 1 unspecified atom stereocenters. The van der Waals surface area contributed by atoms with Gasteiger partial charge in [0.1, 0.15) is 5.75 Å². The van der Waals surface area contributed by atoms with Crippen LogP contribution in [0.15, 0.2) is 36.5 Å². The number of anilines is 1. The second-order valence-corrected chi connectivity index (χ2v) is 4.21. The number of carbonyl (C=O) groups excluding carboxylic acids is 1. The van der Waals surface area contributed by atoms with E-state index >= 15 is 0 Å². The molecule has 3 radical (unpaired) electrons. The molecule has 101 valence electrons. The van der Waals surface area contributed by atoms with E-state index in [0.29, 0.717) is 19.5 Å². The number of carbonyl (C=O) groups is 1. The van der Waals surface area contributed by atoms with Gasteiger partial charge in [0.05, 0.1) is 0 Å². The zero-order valence-electron chi connectivity index (χ0n) is 11.0. The van der Waals surface area contributed by atoms with E-state index in [9.17, 15) is 9.90 Å². The van der Waals surface area contributed by atoms with E-state index < -0.39 is 0 Å². The first kappa shape index (κ1) is 17.2. The molecule has 1 aliphatic heterocycles. The number of phenolic OH excluding ortho intramolecular Hbond substituents is 1. The Morgan fingerprint density at radius 3 is 2.75 bits per heavy atom. The van der Waals surface area contributed by atoms with Crippen LogP contribution in [0.2, 0.25) is 0 Å². The number of phenols is 1. The maximum Gasteiger partial charge on any atom is 0.212 e. The molecule has 0 aliphatic carbocycles. The summed E-state index contributed by atoms with van der Waals surface area (Å²) in [6.45, 7) is 1.03. The summed E-state index contributed by atoms with van der Waals surface area (Å²) in [6, 6.07) is 6.23. The summed E-state index contributed by atoms with van der Waals surface area (Å²) in [5.41, 5.74) is 0.779. The van der Waals surface area contributed by atoms with Gasteiger partial charge in [0.25, 0.3) is 0 Å². The Hall–Kier alpha value is -0.841. The van der Waals surface area contributed by atoms with Crippen molar-refractivity contribution in [3.63, 3.8) is 0 Å². The van der Waals surface area contributed by atoms with Gasteiger partial charge in [-0.3, -0.25) is 4.79 Å². The summed E-state index contributed by atoms with van der Waals surface area (Å²) in [6.07, 6.45) is 3.97. The van der Waals surface area contributed by atoms with Gasteiger partial charge in [-0.05, 0) is 36.7 Å². The van der Waals surface area contributed by atoms with Crippen molar-refractivity contribution in [2.75, 3.05) is 18.0 Å². The first-order valence-corrected chi connectivity index (χ1v) is 6.04. The summed E-state index contributed by atoms with van der Waals surface area (Å²) in [4.78, 5) is 13.8. The van der Waals surface area contributed by atoms with Crippen molar-refractivity contribution in [2.24, 2.45) is 0 Å². The maximum atomic E-state index is 12.1. The number of nitrogens with zero attached hydrogens (tertiary/aromatic N) is 3. The summed E-state index contributed by atoms with van der Waals surface area (Å²) in [5, 5.41) is 16.9. The van der Waals surface area contributed by atoms with Crippen molar-refractivity contribution in [3.05, 3.63) is 47.1 Å². The van der Waals surface area contributed by atoms with Crippen LogP contribution in [0.4, 0.5) is 5.69 Å². The molecule has 1 amide bonds. The maximum absolute atomic E-state index is 12.1. The van der Waals surface area contributed by atoms with E-state index in [1.807, 2.05) is 0 Å². The molecule has 1 fully saturated rings. The Morgan fingerprint density at radius 1 is 1.40 bits per heavy atom. The molecular formula is C13H14BN3O2Y-2. The van der Waals surface area contributed by atoms with Gasteiger partial charge in [-0.25, -0.2) is 0 Å². The van der Waals surface area contributed by atoms with Crippen LogP contribution in [0.5, 0.6) is 5.75 Å². The predicted molar refractivity (Wildman–Crippen MR) is 75.3 cm³/mol. The summed E-state index contributed by atoms with van der Waals surface area (Å²) < 4.78 is 0. The minimum Gasteiger partial charge on any atom is -0.697 e. The molecular weight excluding hydrogens is 330 g/mol. The molecule has 1 heterocycles. The van der Waals surface area contributed by atoms with E-state index in [0.717, 1.165) is 5.69 Å². The minimum atomic E-state index is -0.345. The van der Waals surface area contributed by atoms with Gasteiger partial charge in [0.15, 0.2) is 0 Å². The van der Waals surface area contributed by atoms with E-state index in [4.69, 9.17) is 7.98 Å². The van der Waals surface area contributed by atoms with Crippen LogP contribution in [0.25, 0.3) is 10.5 Å². The monoisotopic (exact) mass is 344 g/mol. The molecule has 20 heavy (non-hydrogen) atoms. The normalized spacial score (nSPS) is 18.3. The average Bonchev–Trinajstić information content (AvgIpc) is 2.77. The van der Waals surface area contributed by atoms with Crippen molar-refractivity contribution >= 4 is 19.6 Å². The molecule has 2 rings (SSSR count). The van der Waals surface area contributed by atoms with Gasteiger partial charge >= 0.3 is 0 Å². The zero-order valence-corrected chi connectivity index (χ0v) is 13.9. The van der Waals surface area contributed by atoms with E-state index in [2.05, 4.69) is 10.5 Å². The SMILES string of the molecule is [B][N-]C/C=C\[N-]C1CCN(c2ccc(O)cc2)C1=O.[Y]. The number of hydrogen-bond donors (Lipinski definition) is 1. The third kappa shape index (κ3) is 4.33. The molecule has 0 aromatic heterocycles.